The van der Waals surface area contributed by atoms with E-state index in [9.17, 15) is 4.79 Å². The normalized spacial score (nSPS) is 25.5. The van der Waals surface area contributed by atoms with Crippen LogP contribution < -0.4 is 0 Å². The molecule has 0 aromatic carbocycles. The van der Waals surface area contributed by atoms with Crippen LogP contribution in [0.5, 0.6) is 0 Å². The molecule has 0 atom stereocenters. The molecule has 0 N–H and O–H groups in total. The van der Waals surface area contributed by atoms with Crippen molar-refractivity contribution in [2.45, 2.75) is 57.2 Å². The molecular formula is C16H30O3Y2-2. The summed E-state index contributed by atoms with van der Waals surface area (Å²) in [7, 11) is 0. The Hall–Kier alpha value is 1.80. The van der Waals surface area contributed by atoms with E-state index in [0.717, 1.165) is 64.6 Å². The Bertz CT molecular complexity index is 294. The molecule has 1 aliphatic heterocycles. The van der Waals surface area contributed by atoms with Crippen molar-refractivity contribution in [1.82, 2.24) is 0 Å². The SMILES string of the molecule is [CH2-]C1CCC(=O)CC1.[CH2-]C1CCC2(CC1)OCCO2.[HH].[HH].[Y].[Y]. The Balaban J connectivity index is -0.000000307. The minimum absolute atomic E-state index is 0. The van der Waals surface area contributed by atoms with Crippen molar-refractivity contribution in [3.63, 3.8) is 0 Å². The van der Waals surface area contributed by atoms with Crippen LogP contribution in [0, 0.1) is 25.7 Å². The van der Waals surface area contributed by atoms with Gasteiger partial charge in [-0.1, -0.05) is 25.7 Å². The maximum atomic E-state index is 10.6. The molecule has 0 aromatic heterocycles. The topological polar surface area (TPSA) is 35.5 Å². The van der Waals surface area contributed by atoms with Crippen molar-refractivity contribution >= 4 is 5.78 Å². The van der Waals surface area contributed by atoms with Gasteiger partial charge in [-0.25, -0.2) is 0 Å². The van der Waals surface area contributed by atoms with Crippen molar-refractivity contribution in [2.75, 3.05) is 13.2 Å². The monoisotopic (exact) mass is 448 g/mol. The molecule has 1 heterocycles. The fourth-order valence-corrected chi connectivity index (χ4v) is 2.90. The smallest absolute Gasteiger partial charge is 0.168 e. The standard InChI is InChI=1S/C9H15O2.C7H11O.2Y.2H2/c1-8-2-4-9(5-3-8)10-6-7-11-9;1-6-2-4-7(8)5-3-6;;;;/h8H,1-7H2;6H,1-5H2;;;2*1H/q2*-1;;;;. The average Bonchev–Trinajstić information content (AvgIpc) is 2.87. The number of ketones is 1. The minimum Gasteiger partial charge on any atom is -0.348 e. The van der Waals surface area contributed by atoms with E-state index in [4.69, 9.17) is 9.47 Å². The second-order valence-corrected chi connectivity index (χ2v) is 6.03. The molecule has 3 fully saturated rings. The molecule has 1 saturated heterocycles. The third-order valence-corrected chi connectivity index (χ3v) is 4.34. The van der Waals surface area contributed by atoms with E-state index in [1.165, 1.54) is 0 Å². The van der Waals surface area contributed by atoms with E-state index in [-0.39, 0.29) is 74.1 Å². The summed E-state index contributed by atoms with van der Waals surface area (Å²) in [6.45, 7) is 9.48. The zero-order chi connectivity index (χ0) is 13.7. The summed E-state index contributed by atoms with van der Waals surface area (Å²) >= 11 is 0. The minimum atomic E-state index is -0.186. The molecule has 120 valence electrons. The largest absolute Gasteiger partial charge is 0.348 e. The summed E-state index contributed by atoms with van der Waals surface area (Å²) in [5, 5.41) is 0. The van der Waals surface area contributed by atoms with Crippen molar-refractivity contribution in [3.8, 4) is 0 Å². The fraction of sp³-hybridized carbons (Fsp3) is 0.812. The molecule has 2 radical (unpaired) electrons. The van der Waals surface area contributed by atoms with Crippen LogP contribution in [-0.4, -0.2) is 24.8 Å². The number of hydrogen-bond acceptors (Lipinski definition) is 3. The van der Waals surface area contributed by atoms with Gasteiger partial charge in [0.2, 0.25) is 0 Å². The summed E-state index contributed by atoms with van der Waals surface area (Å²) in [4.78, 5) is 10.6. The van der Waals surface area contributed by atoms with Crippen molar-refractivity contribution in [1.29, 1.82) is 0 Å². The van der Waals surface area contributed by atoms with Crippen molar-refractivity contribution < 1.29 is 82.5 Å². The fourth-order valence-electron chi connectivity index (χ4n) is 2.90. The van der Waals surface area contributed by atoms with Crippen LogP contribution in [0.25, 0.3) is 0 Å². The molecule has 3 nitrogen and oxygen atoms in total. The van der Waals surface area contributed by atoms with E-state index in [2.05, 4.69) is 13.8 Å². The molecule has 0 aromatic rings. The summed E-state index contributed by atoms with van der Waals surface area (Å²) < 4.78 is 11.2. The first kappa shape index (κ1) is 22.8. The van der Waals surface area contributed by atoms with E-state index in [1.54, 1.807) is 0 Å². The first-order valence-electron chi connectivity index (χ1n) is 7.55. The van der Waals surface area contributed by atoms with Gasteiger partial charge in [-0.3, -0.25) is 4.79 Å². The molecule has 2 saturated carbocycles. The molecule has 0 amide bonds. The van der Waals surface area contributed by atoms with Gasteiger partial charge < -0.3 is 23.3 Å². The van der Waals surface area contributed by atoms with Gasteiger partial charge >= 0.3 is 0 Å². The maximum absolute atomic E-state index is 10.6. The average molecular weight is 448 g/mol. The van der Waals surface area contributed by atoms with Gasteiger partial charge in [0.15, 0.2) is 5.79 Å². The molecule has 3 aliphatic rings. The van der Waals surface area contributed by atoms with Crippen LogP contribution in [0.1, 0.15) is 54.2 Å². The van der Waals surface area contributed by atoms with Crippen LogP contribution in [0.3, 0.4) is 0 Å². The number of carbonyl (C=O) groups excluding carboxylic acids is 1. The predicted octanol–water partition coefficient (Wildman–Crippen LogP) is 3.82. The first-order valence-corrected chi connectivity index (χ1v) is 7.55. The molecule has 0 unspecified atom stereocenters. The van der Waals surface area contributed by atoms with Gasteiger partial charge in [-0.05, 0) is 12.8 Å². The molecule has 21 heavy (non-hydrogen) atoms. The van der Waals surface area contributed by atoms with Crippen molar-refractivity contribution in [3.05, 3.63) is 13.8 Å². The van der Waals surface area contributed by atoms with Crippen LogP contribution >= 0.6 is 0 Å². The Morgan fingerprint density at radius 1 is 0.905 bits per heavy atom. The molecule has 3 rings (SSSR count). The van der Waals surface area contributed by atoms with Crippen LogP contribution in [0.2, 0.25) is 0 Å². The summed E-state index contributed by atoms with van der Waals surface area (Å²) in [5.74, 6) is 1.40. The van der Waals surface area contributed by atoms with Crippen LogP contribution in [0.4, 0.5) is 0 Å². The maximum Gasteiger partial charge on any atom is 0.168 e. The zero-order valence-electron chi connectivity index (χ0n) is 13.0. The first-order chi connectivity index (χ1) is 9.10. The number of ether oxygens (including phenoxy) is 2. The molecule has 5 heteroatoms. The van der Waals surface area contributed by atoms with Gasteiger partial charge in [-0.15, -0.1) is 0 Å². The summed E-state index contributed by atoms with van der Waals surface area (Å²) in [6, 6.07) is 0. The van der Waals surface area contributed by atoms with Crippen molar-refractivity contribution in [2.24, 2.45) is 11.8 Å². The Labute approximate surface area is 182 Å². The van der Waals surface area contributed by atoms with Gasteiger partial charge in [0.05, 0.1) is 13.2 Å². The summed E-state index contributed by atoms with van der Waals surface area (Å²) in [6.07, 6.45) is 7.96. The number of Topliss-reactive ketones (excluding diaryl/α,β-unsaturated/α-hetero) is 1. The van der Waals surface area contributed by atoms with Gasteiger partial charge in [0.1, 0.15) is 5.78 Å². The van der Waals surface area contributed by atoms with Gasteiger partial charge in [0, 0.05) is 81.1 Å². The van der Waals surface area contributed by atoms with E-state index in [0.29, 0.717) is 17.6 Å². The van der Waals surface area contributed by atoms with E-state index in [1.807, 2.05) is 0 Å². The Morgan fingerprint density at radius 2 is 1.33 bits per heavy atom. The Morgan fingerprint density at radius 3 is 1.76 bits per heavy atom. The van der Waals surface area contributed by atoms with Gasteiger partial charge in [0.25, 0.3) is 0 Å². The van der Waals surface area contributed by atoms with Crippen LogP contribution in [0.15, 0.2) is 0 Å². The molecular weight excluding hydrogens is 418 g/mol. The number of carbonyl (C=O) groups is 1. The van der Waals surface area contributed by atoms with Gasteiger partial charge in [-0.2, -0.15) is 11.8 Å². The number of rotatable bonds is 0. The molecule has 2 aliphatic carbocycles. The predicted molar refractivity (Wildman–Crippen MR) is 78.5 cm³/mol. The Kier molecular flexibility index (Phi) is 12.3. The summed E-state index contributed by atoms with van der Waals surface area (Å²) in [5.41, 5.74) is 0. The number of hydrogen-bond donors (Lipinski definition) is 0. The molecule has 1 spiro atoms. The third-order valence-electron chi connectivity index (χ3n) is 4.34. The van der Waals surface area contributed by atoms with E-state index >= 15 is 0 Å². The second-order valence-electron chi connectivity index (χ2n) is 6.03. The molecule has 0 bridgehead atoms. The third kappa shape index (κ3) is 7.94. The second kappa shape index (κ2) is 11.4. The van der Waals surface area contributed by atoms with Crippen LogP contribution in [-0.2, 0) is 79.7 Å². The quantitative estimate of drug-likeness (QED) is 0.529. The zero-order valence-corrected chi connectivity index (χ0v) is 18.7. The van der Waals surface area contributed by atoms with E-state index < -0.39 is 0 Å².